The van der Waals surface area contributed by atoms with Crippen LogP contribution in [0.5, 0.6) is 5.75 Å². The number of benzene rings is 2. The van der Waals surface area contributed by atoms with E-state index in [1.54, 1.807) is 19.5 Å². The maximum absolute atomic E-state index is 14.9. The molecule has 2 aromatic heterocycles. The molecule has 0 atom stereocenters. The Morgan fingerprint density at radius 3 is 2.57 bits per heavy atom. The first-order chi connectivity index (χ1) is 14.6. The predicted molar refractivity (Wildman–Crippen MR) is 116 cm³/mol. The minimum atomic E-state index is -0.249. The minimum Gasteiger partial charge on any atom is -0.496 e. The summed E-state index contributed by atoms with van der Waals surface area (Å²) in [6, 6.07) is 17.4. The van der Waals surface area contributed by atoms with Gasteiger partial charge in [0, 0.05) is 23.4 Å². The highest BCUT2D eigenvalue weighted by Gasteiger charge is 2.14. The molecule has 0 aliphatic rings. The van der Waals surface area contributed by atoms with Crippen LogP contribution in [0.1, 0.15) is 16.8 Å². The Balaban J connectivity index is 1.65. The monoisotopic (exact) mass is 404 g/mol. The van der Waals surface area contributed by atoms with Crippen LogP contribution < -0.4 is 4.74 Å². The molecule has 0 bridgehead atoms. The van der Waals surface area contributed by atoms with Gasteiger partial charge in [-0.3, -0.25) is 4.40 Å². The maximum Gasteiger partial charge on any atom is 0.168 e. The normalized spacial score (nSPS) is 11.4. The van der Waals surface area contributed by atoms with Gasteiger partial charge in [0.05, 0.1) is 7.11 Å². The standard InChI is InChI=1S/C24H25FN4O/c1-28(2)15-17-8-12-20(22(25)14-17)21-13-11-19(29-16-26-27-24(21)29)10-9-18-6-4-5-7-23(18)30-3/h4-8,11-14,16H,9-10,15H2,1-3H3. The molecule has 4 aromatic rings. The molecule has 0 amide bonds. The first-order valence-corrected chi connectivity index (χ1v) is 9.94. The van der Waals surface area contributed by atoms with Gasteiger partial charge in [-0.2, -0.15) is 0 Å². The fraction of sp³-hybridized carbons (Fsp3) is 0.250. The second-order valence-electron chi connectivity index (χ2n) is 7.63. The number of methoxy groups -OCH3 is 1. The van der Waals surface area contributed by atoms with Crippen LogP contribution in [-0.2, 0) is 19.4 Å². The molecule has 154 valence electrons. The van der Waals surface area contributed by atoms with E-state index in [2.05, 4.69) is 16.3 Å². The Morgan fingerprint density at radius 1 is 1.00 bits per heavy atom. The van der Waals surface area contributed by atoms with Crippen molar-refractivity contribution in [3.8, 4) is 16.9 Å². The molecule has 2 aromatic carbocycles. The molecule has 0 N–H and O–H groups in total. The lowest BCUT2D eigenvalue weighted by molar-refractivity contribution is 0.401. The molecule has 0 saturated heterocycles. The predicted octanol–water partition coefficient (Wildman–Crippen LogP) is 4.39. The zero-order valence-corrected chi connectivity index (χ0v) is 17.5. The van der Waals surface area contributed by atoms with Crippen molar-refractivity contribution < 1.29 is 9.13 Å². The number of para-hydroxylation sites is 1. The summed E-state index contributed by atoms with van der Waals surface area (Å²) in [5.41, 5.74) is 5.08. The highest BCUT2D eigenvalue weighted by Crippen LogP contribution is 2.28. The first-order valence-electron chi connectivity index (χ1n) is 9.94. The van der Waals surface area contributed by atoms with Crippen molar-refractivity contribution in [1.29, 1.82) is 0 Å². The van der Waals surface area contributed by atoms with Crippen LogP contribution in [0, 0.1) is 5.82 Å². The molecule has 0 fully saturated rings. The smallest absolute Gasteiger partial charge is 0.168 e. The lowest BCUT2D eigenvalue weighted by Crippen LogP contribution is -2.10. The van der Waals surface area contributed by atoms with Gasteiger partial charge in [-0.1, -0.05) is 30.3 Å². The molecule has 0 spiro atoms. The lowest BCUT2D eigenvalue weighted by Gasteiger charge is -2.13. The third kappa shape index (κ3) is 4.04. The Bertz CT molecular complexity index is 1170. The summed E-state index contributed by atoms with van der Waals surface area (Å²) in [6.07, 6.45) is 3.30. The quantitative estimate of drug-likeness (QED) is 0.458. The van der Waals surface area contributed by atoms with Crippen molar-refractivity contribution >= 4 is 5.65 Å². The van der Waals surface area contributed by atoms with Gasteiger partial charge in [-0.15, -0.1) is 10.2 Å². The van der Waals surface area contributed by atoms with E-state index in [1.807, 2.05) is 65.9 Å². The molecule has 30 heavy (non-hydrogen) atoms. The summed E-state index contributed by atoms with van der Waals surface area (Å²) in [5, 5.41) is 8.35. The van der Waals surface area contributed by atoms with Gasteiger partial charge in [-0.05, 0) is 62.3 Å². The minimum absolute atomic E-state index is 0.249. The fourth-order valence-corrected chi connectivity index (χ4v) is 3.79. The third-order valence-corrected chi connectivity index (χ3v) is 5.21. The van der Waals surface area contributed by atoms with Gasteiger partial charge >= 0.3 is 0 Å². The van der Waals surface area contributed by atoms with Gasteiger partial charge in [-0.25, -0.2) is 4.39 Å². The van der Waals surface area contributed by atoms with Crippen molar-refractivity contribution in [1.82, 2.24) is 19.5 Å². The number of rotatable bonds is 7. The molecule has 0 radical (unpaired) electrons. The summed E-state index contributed by atoms with van der Waals surface area (Å²) in [5.74, 6) is 0.634. The zero-order valence-electron chi connectivity index (χ0n) is 17.5. The summed E-state index contributed by atoms with van der Waals surface area (Å²) < 4.78 is 22.3. The van der Waals surface area contributed by atoms with Crippen LogP contribution in [0.25, 0.3) is 16.8 Å². The molecular formula is C24H25FN4O. The largest absolute Gasteiger partial charge is 0.496 e. The number of ether oxygens (including phenoxy) is 1. The van der Waals surface area contributed by atoms with Crippen LogP contribution in [0.3, 0.4) is 0 Å². The number of halogens is 1. The van der Waals surface area contributed by atoms with E-state index in [0.717, 1.165) is 41.0 Å². The number of hydrogen-bond donors (Lipinski definition) is 0. The van der Waals surface area contributed by atoms with Crippen molar-refractivity contribution in [2.24, 2.45) is 0 Å². The molecule has 0 aliphatic heterocycles. The summed E-state index contributed by atoms with van der Waals surface area (Å²) in [7, 11) is 5.62. The Kier molecular flexibility index (Phi) is 5.77. The number of nitrogens with zero attached hydrogens (tertiary/aromatic N) is 4. The molecule has 5 nitrogen and oxygen atoms in total. The van der Waals surface area contributed by atoms with Crippen molar-refractivity contribution in [2.45, 2.75) is 19.4 Å². The lowest BCUT2D eigenvalue weighted by atomic mass is 10.0. The number of aromatic nitrogens is 3. The topological polar surface area (TPSA) is 42.7 Å². The first kappa shape index (κ1) is 20.0. The number of pyridine rings is 1. The number of aryl methyl sites for hydroxylation is 2. The molecule has 6 heteroatoms. The Labute approximate surface area is 175 Å². The summed E-state index contributed by atoms with van der Waals surface area (Å²) in [4.78, 5) is 2.02. The van der Waals surface area contributed by atoms with Gasteiger partial charge in [0.25, 0.3) is 0 Å². The SMILES string of the molecule is COc1ccccc1CCc1ccc(-c2ccc(CN(C)C)cc2F)c2nncn12. The molecule has 0 saturated carbocycles. The van der Waals surface area contributed by atoms with Gasteiger partial charge < -0.3 is 9.64 Å². The van der Waals surface area contributed by atoms with Crippen molar-refractivity contribution in [3.63, 3.8) is 0 Å². The average molecular weight is 404 g/mol. The summed E-state index contributed by atoms with van der Waals surface area (Å²) in [6.45, 7) is 0.694. The van der Waals surface area contributed by atoms with Crippen LogP contribution in [0.15, 0.2) is 60.9 Å². The van der Waals surface area contributed by atoms with Gasteiger partial charge in [0.1, 0.15) is 17.9 Å². The van der Waals surface area contributed by atoms with E-state index in [0.29, 0.717) is 17.8 Å². The van der Waals surface area contributed by atoms with E-state index >= 15 is 0 Å². The Morgan fingerprint density at radius 2 is 1.80 bits per heavy atom. The highest BCUT2D eigenvalue weighted by molar-refractivity contribution is 5.78. The van der Waals surface area contributed by atoms with E-state index in [9.17, 15) is 4.39 Å². The van der Waals surface area contributed by atoms with Gasteiger partial charge in [0.2, 0.25) is 0 Å². The number of fused-ring (bicyclic) bond motifs is 1. The second-order valence-corrected chi connectivity index (χ2v) is 7.63. The van der Waals surface area contributed by atoms with Crippen molar-refractivity contribution in [2.75, 3.05) is 21.2 Å². The van der Waals surface area contributed by atoms with E-state index < -0.39 is 0 Å². The molecule has 2 heterocycles. The number of hydrogen-bond acceptors (Lipinski definition) is 4. The van der Waals surface area contributed by atoms with Crippen LogP contribution in [0.4, 0.5) is 4.39 Å². The zero-order chi connectivity index (χ0) is 21.1. The van der Waals surface area contributed by atoms with E-state index in [4.69, 9.17) is 4.74 Å². The van der Waals surface area contributed by atoms with Crippen molar-refractivity contribution in [3.05, 3.63) is 83.6 Å². The maximum atomic E-state index is 14.9. The molecule has 4 rings (SSSR count). The molecular weight excluding hydrogens is 379 g/mol. The second kappa shape index (κ2) is 8.63. The van der Waals surface area contributed by atoms with E-state index in [1.165, 1.54) is 0 Å². The highest BCUT2D eigenvalue weighted by atomic mass is 19.1. The fourth-order valence-electron chi connectivity index (χ4n) is 3.79. The van der Waals surface area contributed by atoms with Gasteiger partial charge in [0.15, 0.2) is 5.65 Å². The van der Waals surface area contributed by atoms with E-state index in [-0.39, 0.29) is 5.82 Å². The average Bonchev–Trinajstić information content (AvgIpc) is 3.22. The third-order valence-electron chi connectivity index (χ3n) is 5.21. The Hall–Kier alpha value is -3.25. The summed E-state index contributed by atoms with van der Waals surface area (Å²) >= 11 is 0. The van der Waals surface area contributed by atoms with Crippen LogP contribution >= 0.6 is 0 Å². The van der Waals surface area contributed by atoms with Crippen LogP contribution in [-0.4, -0.2) is 40.7 Å². The molecule has 0 unspecified atom stereocenters. The molecule has 0 aliphatic carbocycles. The van der Waals surface area contributed by atoms with Crippen LogP contribution in [0.2, 0.25) is 0 Å².